The van der Waals surface area contributed by atoms with Crippen molar-refractivity contribution in [3.63, 3.8) is 0 Å². The standard InChI is InChI=1S/C21H19BrN2O5S/c1-3-28-17-10-13(8-9-16(17)29-12(2)20(26)27)11-18-19(25)24-21(30-18)23-15-7-5-4-6-14(15)22/h4-12H,3H2,1-2H3,(H,26,27)(H,23,24,25)/b18-11+. The molecule has 7 nitrogen and oxygen atoms in total. The second-order valence-corrected chi connectivity index (χ2v) is 8.06. The minimum atomic E-state index is -1.07. The first kappa shape index (κ1) is 21.9. The van der Waals surface area contributed by atoms with E-state index in [1.54, 1.807) is 24.3 Å². The van der Waals surface area contributed by atoms with E-state index in [4.69, 9.17) is 14.6 Å². The molecule has 1 unspecified atom stereocenters. The summed E-state index contributed by atoms with van der Waals surface area (Å²) in [7, 11) is 0. The number of amides is 1. The number of thioether (sulfide) groups is 1. The van der Waals surface area contributed by atoms with Crippen LogP contribution >= 0.6 is 27.7 Å². The van der Waals surface area contributed by atoms with Gasteiger partial charge in [0.1, 0.15) is 0 Å². The van der Waals surface area contributed by atoms with Crippen LogP contribution in [0.15, 0.2) is 56.8 Å². The van der Waals surface area contributed by atoms with Crippen LogP contribution in [-0.4, -0.2) is 34.9 Å². The van der Waals surface area contributed by atoms with E-state index < -0.39 is 12.1 Å². The summed E-state index contributed by atoms with van der Waals surface area (Å²) in [5, 5.41) is 12.3. The number of halogens is 1. The Morgan fingerprint density at radius 2 is 2.07 bits per heavy atom. The minimum Gasteiger partial charge on any atom is -0.490 e. The highest BCUT2D eigenvalue weighted by atomic mass is 79.9. The lowest BCUT2D eigenvalue weighted by molar-refractivity contribution is -0.144. The van der Waals surface area contributed by atoms with Crippen LogP contribution in [0.4, 0.5) is 5.69 Å². The molecule has 9 heteroatoms. The highest BCUT2D eigenvalue weighted by molar-refractivity contribution is 9.10. The number of hydrogen-bond donors (Lipinski definition) is 2. The fourth-order valence-electron chi connectivity index (χ4n) is 2.50. The zero-order valence-corrected chi connectivity index (χ0v) is 18.6. The van der Waals surface area contributed by atoms with E-state index in [0.717, 1.165) is 4.47 Å². The fourth-order valence-corrected chi connectivity index (χ4v) is 3.71. The van der Waals surface area contributed by atoms with E-state index in [9.17, 15) is 9.59 Å². The third kappa shape index (κ3) is 5.43. The maximum atomic E-state index is 12.3. The van der Waals surface area contributed by atoms with Gasteiger partial charge in [0.2, 0.25) is 0 Å². The highest BCUT2D eigenvalue weighted by Crippen LogP contribution is 2.34. The van der Waals surface area contributed by atoms with Gasteiger partial charge in [0, 0.05) is 4.47 Å². The molecule has 1 fully saturated rings. The number of hydrogen-bond acceptors (Lipinski definition) is 6. The lowest BCUT2D eigenvalue weighted by Gasteiger charge is -2.15. The van der Waals surface area contributed by atoms with Gasteiger partial charge in [-0.2, -0.15) is 0 Å². The SMILES string of the molecule is CCOc1cc(/C=C2/SC(=Nc3ccccc3Br)NC2=O)ccc1OC(C)C(=O)O. The third-order valence-corrected chi connectivity index (χ3v) is 5.52. The molecule has 0 radical (unpaired) electrons. The first-order valence-corrected chi connectivity index (χ1v) is 10.7. The molecule has 156 valence electrons. The van der Waals surface area contributed by atoms with Crippen molar-refractivity contribution >= 4 is 56.5 Å². The van der Waals surface area contributed by atoms with Gasteiger partial charge in [-0.15, -0.1) is 0 Å². The predicted molar refractivity (Wildman–Crippen MR) is 120 cm³/mol. The number of carboxylic acids is 1. The van der Waals surface area contributed by atoms with Gasteiger partial charge in [-0.05, 0) is 77.4 Å². The van der Waals surface area contributed by atoms with Crippen LogP contribution in [0.1, 0.15) is 19.4 Å². The molecule has 0 saturated carbocycles. The highest BCUT2D eigenvalue weighted by Gasteiger charge is 2.24. The number of rotatable bonds is 7. The molecule has 0 aromatic heterocycles. The van der Waals surface area contributed by atoms with Gasteiger partial charge in [-0.1, -0.05) is 18.2 Å². The number of nitrogens with one attached hydrogen (secondary N) is 1. The zero-order chi connectivity index (χ0) is 21.7. The van der Waals surface area contributed by atoms with Crippen molar-refractivity contribution in [1.82, 2.24) is 5.32 Å². The first-order chi connectivity index (χ1) is 14.4. The van der Waals surface area contributed by atoms with E-state index in [1.807, 2.05) is 31.2 Å². The maximum Gasteiger partial charge on any atom is 0.344 e. The number of carbonyl (C=O) groups excluding carboxylic acids is 1. The largest absolute Gasteiger partial charge is 0.490 e. The summed E-state index contributed by atoms with van der Waals surface area (Å²) in [5.41, 5.74) is 1.43. The second-order valence-electron chi connectivity index (χ2n) is 6.17. The lowest BCUT2D eigenvalue weighted by atomic mass is 10.2. The summed E-state index contributed by atoms with van der Waals surface area (Å²) in [5.74, 6) is -0.581. The Balaban J connectivity index is 1.83. The van der Waals surface area contributed by atoms with Gasteiger partial charge in [-0.3, -0.25) is 4.79 Å². The molecule has 30 heavy (non-hydrogen) atoms. The molecule has 3 rings (SSSR count). The number of amidine groups is 1. The number of benzene rings is 2. The number of nitrogens with zero attached hydrogens (tertiary/aromatic N) is 1. The van der Waals surface area contributed by atoms with Crippen LogP contribution in [0.2, 0.25) is 0 Å². The van der Waals surface area contributed by atoms with Gasteiger partial charge in [-0.25, -0.2) is 9.79 Å². The Labute approximate surface area is 186 Å². The molecular formula is C21H19BrN2O5S. The molecule has 1 amide bonds. The van der Waals surface area contributed by atoms with Crippen molar-refractivity contribution in [1.29, 1.82) is 0 Å². The summed E-state index contributed by atoms with van der Waals surface area (Å²) < 4.78 is 11.9. The average molecular weight is 491 g/mol. The molecule has 0 aliphatic carbocycles. The van der Waals surface area contributed by atoms with Crippen LogP contribution < -0.4 is 14.8 Å². The van der Waals surface area contributed by atoms with Crippen molar-refractivity contribution in [2.24, 2.45) is 4.99 Å². The van der Waals surface area contributed by atoms with Gasteiger partial charge in [0.25, 0.3) is 5.91 Å². The number of carboxylic acid groups (broad SMARTS) is 1. The van der Waals surface area contributed by atoms with Crippen LogP contribution in [-0.2, 0) is 9.59 Å². The predicted octanol–water partition coefficient (Wildman–Crippen LogP) is 4.59. The summed E-state index contributed by atoms with van der Waals surface area (Å²) in [6.07, 6.45) is 0.704. The number of aliphatic imine (C=N–C) groups is 1. The fraction of sp³-hybridized carbons (Fsp3) is 0.190. The molecule has 2 aromatic carbocycles. The summed E-state index contributed by atoms with van der Waals surface area (Å²) in [6.45, 7) is 3.65. The average Bonchev–Trinajstić information content (AvgIpc) is 3.04. The Bertz CT molecular complexity index is 1040. The second kappa shape index (κ2) is 9.82. The summed E-state index contributed by atoms with van der Waals surface area (Å²) >= 11 is 4.67. The molecule has 0 spiro atoms. The zero-order valence-electron chi connectivity index (χ0n) is 16.2. The van der Waals surface area contributed by atoms with Crippen molar-refractivity contribution in [3.8, 4) is 11.5 Å². The number of carbonyl (C=O) groups is 2. The molecule has 2 N–H and O–H groups in total. The monoisotopic (exact) mass is 490 g/mol. The van der Waals surface area contributed by atoms with Gasteiger partial charge >= 0.3 is 5.97 Å². The van der Waals surface area contributed by atoms with Crippen molar-refractivity contribution in [2.75, 3.05) is 6.61 Å². The Kier molecular flexibility index (Phi) is 7.17. The third-order valence-electron chi connectivity index (χ3n) is 3.94. The smallest absolute Gasteiger partial charge is 0.344 e. The maximum absolute atomic E-state index is 12.3. The topological polar surface area (TPSA) is 97.2 Å². The molecule has 1 heterocycles. The van der Waals surface area contributed by atoms with Crippen molar-refractivity contribution in [2.45, 2.75) is 20.0 Å². The van der Waals surface area contributed by atoms with E-state index >= 15 is 0 Å². The number of para-hydroxylation sites is 1. The van der Waals surface area contributed by atoms with Gasteiger partial charge in [0.15, 0.2) is 22.8 Å². The molecular weight excluding hydrogens is 472 g/mol. The summed E-state index contributed by atoms with van der Waals surface area (Å²) in [6, 6.07) is 12.5. The molecule has 2 aromatic rings. The molecule has 1 saturated heterocycles. The lowest BCUT2D eigenvalue weighted by Crippen LogP contribution is -2.23. The van der Waals surface area contributed by atoms with E-state index in [-0.39, 0.29) is 5.91 Å². The molecule has 1 atom stereocenters. The van der Waals surface area contributed by atoms with Crippen molar-refractivity contribution in [3.05, 3.63) is 57.4 Å². The first-order valence-electron chi connectivity index (χ1n) is 9.07. The number of ether oxygens (including phenoxy) is 2. The molecule has 1 aliphatic rings. The van der Waals surface area contributed by atoms with E-state index in [1.165, 1.54) is 18.7 Å². The molecule has 1 aliphatic heterocycles. The minimum absolute atomic E-state index is 0.247. The number of aliphatic carboxylic acids is 1. The van der Waals surface area contributed by atoms with Gasteiger partial charge in [0.05, 0.1) is 17.2 Å². The van der Waals surface area contributed by atoms with Crippen LogP contribution in [0.25, 0.3) is 6.08 Å². The van der Waals surface area contributed by atoms with E-state index in [2.05, 4.69) is 26.2 Å². The Morgan fingerprint density at radius 3 is 2.77 bits per heavy atom. The van der Waals surface area contributed by atoms with Crippen LogP contribution in [0.5, 0.6) is 11.5 Å². The van der Waals surface area contributed by atoms with Crippen LogP contribution in [0, 0.1) is 0 Å². The normalized spacial score (nSPS) is 17.1. The van der Waals surface area contributed by atoms with Crippen LogP contribution in [0.3, 0.4) is 0 Å². The Morgan fingerprint density at radius 1 is 1.30 bits per heavy atom. The molecule has 0 bridgehead atoms. The Hall–Kier alpha value is -2.78. The quantitative estimate of drug-likeness (QED) is 0.550. The summed E-state index contributed by atoms with van der Waals surface area (Å²) in [4.78, 5) is 28.4. The van der Waals surface area contributed by atoms with E-state index in [0.29, 0.717) is 39.4 Å². The van der Waals surface area contributed by atoms with Gasteiger partial charge < -0.3 is 19.9 Å². The van der Waals surface area contributed by atoms with Crippen molar-refractivity contribution < 1.29 is 24.2 Å².